The molecule has 1 nitrogen and oxygen atoms in total. The summed E-state index contributed by atoms with van der Waals surface area (Å²) in [5, 5.41) is 3.51. The highest BCUT2D eigenvalue weighted by Gasteiger charge is 2.17. The standard InChI is InChI=1S/C18H22FN/c1-5-20-18(15-6-8-16(19)9-7-15)17-13(3)10-12(2)11-14(17)4/h6-11,18,20H,5H2,1-4H3. The van der Waals surface area contributed by atoms with E-state index in [-0.39, 0.29) is 11.9 Å². The first-order valence-corrected chi connectivity index (χ1v) is 7.09. The number of rotatable bonds is 4. The van der Waals surface area contributed by atoms with Crippen molar-refractivity contribution < 1.29 is 4.39 Å². The molecule has 0 bridgehead atoms. The van der Waals surface area contributed by atoms with Gasteiger partial charge in [0.25, 0.3) is 0 Å². The molecule has 1 atom stereocenters. The highest BCUT2D eigenvalue weighted by molar-refractivity contribution is 5.44. The topological polar surface area (TPSA) is 12.0 Å². The lowest BCUT2D eigenvalue weighted by Crippen LogP contribution is -2.23. The van der Waals surface area contributed by atoms with Crippen molar-refractivity contribution in [3.63, 3.8) is 0 Å². The van der Waals surface area contributed by atoms with E-state index in [2.05, 4.69) is 45.1 Å². The second-order valence-corrected chi connectivity index (χ2v) is 5.35. The average molecular weight is 271 g/mol. The molecule has 0 spiro atoms. The predicted molar refractivity (Wildman–Crippen MR) is 82.6 cm³/mol. The maximum absolute atomic E-state index is 13.1. The zero-order valence-corrected chi connectivity index (χ0v) is 12.6. The Morgan fingerprint density at radius 2 is 1.55 bits per heavy atom. The molecular formula is C18H22FN. The third kappa shape index (κ3) is 3.07. The maximum Gasteiger partial charge on any atom is 0.123 e. The van der Waals surface area contributed by atoms with Gasteiger partial charge in [0, 0.05) is 0 Å². The minimum absolute atomic E-state index is 0.112. The van der Waals surface area contributed by atoms with Crippen LogP contribution in [-0.2, 0) is 0 Å². The van der Waals surface area contributed by atoms with E-state index in [1.54, 1.807) is 0 Å². The van der Waals surface area contributed by atoms with Crippen LogP contribution >= 0.6 is 0 Å². The van der Waals surface area contributed by atoms with Crippen LogP contribution in [0.25, 0.3) is 0 Å². The minimum atomic E-state index is -0.193. The summed E-state index contributed by atoms with van der Waals surface area (Å²) in [5.41, 5.74) is 6.22. The second kappa shape index (κ2) is 6.19. The lowest BCUT2D eigenvalue weighted by atomic mass is 9.90. The quantitative estimate of drug-likeness (QED) is 0.866. The van der Waals surface area contributed by atoms with Crippen molar-refractivity contribution in [2.45, 2.75) is 33.7 Å². The number of nitrogens with one attached hydrogen (secondary N) is 1. The van der Waals surface area contributed by atoms with E-state index in [4.69, 9.17) is 0 Å². The van der Waals surface area contributed by atoms with Gasteiger partial charge in [0.2, 0.25) is 0 Å². The first kappa shape index (κ1) is 14.7. The smallest absolute Gasteiger partial charge is 0.123 e. The van der Waals surface area contributed by atoms with Crippen molar-refractivity contribution in [1.82, 2.24) is 5.32 Å². The summed E-state index contributed by atoms with van der Waals surface area (Å²) in [4.78, 5) is 0. The molecule has 0 aromatic heterocycles. The molecule has 0 aliphatic heterocycles. The van der Waals surface area contributed by atoms with Crippen LogP contribution in [0.5, 0.6) is 0 Å². The molecule has 0 heterocycles. The molecule has 1 N–H and O–H groups in total. The highest BCUT2D eigenvalue weighted by Crippen LogP contribution is 2.29. The molecule has 2 heteroatoms. The molecule has 2 aromatic rings. The summed E-state index contributed by atoms with van der Waals surface area (Å²) in [7, 11) is 0. The fourth-order valence-electron chi connectivity index (χ4n) is 2.89. The van der Waals surface area contributed by atoms with Crippen molar-refractivity contribution >= 4 is 0 Å². The molecule has 0 fully saturated rings. The summed E-state index contributed by atoms with van der Waals surface area (Å²) in [5.74, 6) is -0.193. The molecule has 106 valence electrons. The lowest BCUT2D eigenvalue weighted by Gasteiger charge is -2.23. The van der Waals surface area contributed by atoms with Crippen LogP contribution in [0.15, 0.2) is 36.4 Å². The van der Waals surface area contributed by atoms with Gasteiger partial charge in [-0.05, 0) is 61.7 Å². The number of halogens is 1. The van der Waals surface area contributed by atoms with E-state index in [9.17, 15) is 4.39 Å². The average Bonchev–Trinajstić information content (AvgIpc) is 2.37. The second-order valence-electron chi connectivity index (χ2n) is 5.35. The Morgan fingerprint density at radius 3 is 2.05 bits per heavy atom. The SMILES string of the molecule is CCNC(c1ccc(F)cc1)c1c(C)cc(C)cc1C. The molecule has 0 radical (unpaired) electrons. The number of hydrogen-bond donors (Lipinski definition) is 1. The van der Waals surface area contributed by atoms with Gasteiger partial charge in [-0.15, -0.1) is 0 Å². The first-order valence-electron chi connectivity index (χ1n) is 7.09. The Kier molecular flexibility index (Phi) is 4.56. The monoisotopic (exact) mass is 271 g/mol. The maximum atomic E-state index is 13.1. The fraction of sp³-hybridized carbons (Fsp3) is 0.333. The third-order valence-electron chi connectivity index (χ3n) is 3.64. The van der Waals surface area contributed by atoms with E-state index in [0.29, 0.717) is 0 Å². The Hall–Kier alpha value is -1.67. The van der Waals surface area contributed by atoms with Crippen LogP contribution in [0.2, 0.25) is 0 Å². The molecule has 0 aliphatic rings. The number of aryl methyl sites for hydroxylation is 3. The van der Waals surface area contributed by atoms with Gasteiger partial charge >= 0.3 is 0 Å². The van der Waals surface area contributed by atoms with Crippen molar-refractivity contribution in [3.05, 3.63) is 70.0 Å². The molecule has 0 aliphatic carbocycles. The minimum Gasteiger partial charge on any atom is -0.307 e. The zero-order valence-electron chi connectivity index (χ0n) is 12.6. The molecule has 20 heavy (non-hydrogen) atoms. The van der Waals surface area contributed by atoms with Crippen molar-refractivity contribution in [3.8, 4) is 0 Å². The van der Waals surface area contributed by atoms with Crippen molar-refractivity contribution in [2.75, 3.05) is 6.54 Å². The molecule has 0 saturated carbocycles. The van der Waals surface area contributed by atoms with E-state index < -0.39 is 0 Å². The highest BCUT2D eigenvalue weighted by atomic mass is 19.1. The Morgan fingerprint density at radius 1 is 1.00 bits per heavy atom. The molecule has 0 saturated heterocycles. The lowest BCUT2D eigenvalue weighted by molar-refractivity contribution is 0.610. The normalized spacial score (nSPS) is 12.4. The third-order valence-corrected chi connectivity index (χ3v) is 3.64. The molecule has 0 amide bonds. The van der Waals surface area contributed by atoms with Gasteiger partial charge in [-0.3, -0.25) is 0 Å². The summed E-state index contributed by atoms with van der Waals surface area (Å²) in [6.07, 6.45) is 0. The summed E-state index contributed by atoms with van der Waals surface area (Å²) in [6.45, 7) is 9.36. The van der Waals surface area contributed by atoms with Crippen molar-refractivity contribution in [2.24, 2.45) is 0 Å². The van der Waals surface area contributed by atoms with Crippen LogP contribution < -0.4 is 5.32 Å². The van der Waals surface area contributed by atoms with E-state index in [0.717, 1.165) is 12.1 Å². The molecule has 1 unspecified atom stereocenters. The summed E-state index contributed by atoms with van der Waals surface area (Å²) in [6, 6.07) is 11.3. The fourth-order valence-corrected chi connectivity index (χ4v) is 2.89. The van der Waals surface area contributed by atoms with Gasteiger partial charge in [-0.1, -0.05) is 36.8 Å². The number of hydrogen-bond acceptors (Lipinski definition) is 1. The largest absolute Gasteiger partial charge is 0.307 e. The zero-order chi connectivity index (χ0) is 14.7. The van der Waals surface area contributed by atoms with E-state index in [1.165, 1.54) is 34.4 Å². The van der Waals surface area contributed by atoms with Crippen LogP contribution in [-0.4, -0.2) is 6.54 Å². The van der Waals surface area contributed by atoms with Crippen molar-refractivity contribution in [1.29, 1.82) is 0 Å². The predicted octanol–water partition coefficient (Wildman–Crippen LogP) is 4.45. The molecular weight excluding hydrogens is 249 g/mol. The first-order chi connectivity index (χ1) is 9.52. The summed E-state index contributed by atoms with van der Waals surface area (Å²) >= 11 is 0. The van der Waals surface area contributed by atoms with Gasteiger partial charge < -0.3 is 5.32 Å². The van der Waals surface area contributed by atoms with Gasteiger partial charge in [0.05, 0.1) is 6.04 Å². The Balaban J connectivity index is 2.51. The van der Waals surface area contributed by atoms with Gasteiger partial charge in [-0.25, -0.2) is 4.39 Å². The van der Waals surface area contributed by atoms with Crippen LogP contribution in [0, 0.1) is 26.6 Å². The molecule has 2 rings (SSSR count). The van der Waals surface area contributed by atoms with Crippen LogP contribution in [0.4, 0.5) is 4.39 Å². The molecule has 2 aromatic carbocycles. The van der Waals surface area contributed by atoms with Gasteiger partial charge in [-0.2, -0.15) is 0 Å². The van der Waals surface area contributed by atoms with E-state index >= 15 is 0 Å². The Labute approximate surface area is 120 Å². The number of benzene rings is 2. The van der Waals surface area contributed by atoms with Crippen LogP contribution in [0.1, 0.15) is 40.8 Å². The van der Waals surface area contributed by atoms with Gasteiger partial charge in [0.1, 0.15) is 5.82 Å². The Bertz CT molecular complexity index is 564. The van der Waals surface area contributed by atoms with E-state index in [1.807, 2.05) is 12.1 Å². The van der Waals surface area contributed by atoms with Gasteiger partial charge in [0.15, 0.2) is 0 Å². The summed E-state index contributed by atoms with van der Waals surface area (Å²) < 4.78 is 13.1. The van der Waals surface area contributed by atoms with Crippen LogP contribution in [0.3, 0.4) is 0 Å².